The van der Waals surface area contributed by atoms with Gasteiger partial charge < -0.3 is 15.3 Å². The van der Waals surface area contributed by atoms with Crippen molar-refractivity contribution in [2.75, 3.05) is 23.7 Å². The Morgan fingerprint density at radius 3 is 2.75 bits per heavy atom. The minimum atomic E-state index is -0.742. The van der Waals surface area contributed by atoms with Crippen molar-refractivity contribution in [1.82, 2.24) is 10.3 Å². The number of hydrogen-bond acceptors (Lipinski definition) is 5. The van der Waals surface area contributed by atoms with Crippen molar-refractivity contribution in [1.29, 1.82) is 0 Å². The van der Waals surface area contributed by atoms with Gasteiger partial charge in [0.25, 0.3) is 5.91 Å². The fourth-order valence-electron chi connectivity index (χ4n) is 4.05. The van der Waals surface area contributed by atoms with Gasteiger partial charge in [0, 0.05) is 25.6 Å². The lowest BCUT2D eigenvalue weighted by atomic mass is 9.95. The van der Waals surface area contributed by atoms with Crippen LogP contribution in [0.1, 0.15) is 68.6 Å². The normalized spacial score (nSPS) is 20.3. The number of anilines is 1. The summed E-state index contributed by atoms with van der Waals surface area (Å²) in [6.07, 6.45) is 7.85. The summed E-state index contributed by atoms with van der Waals surface area (Å²) >= 11 is 1.63. The topological polar surface area (TPSA) is 82.5 Å². The molecule has 1 atom stereocenters. The van der Waals surface area contributed by atoms with Crippen LogP contribution >= 0.6 is 11.8 Å². The van der Waals surface area contributed by atoms with Crippen LogP contribution in [-0.4, -0.2) is 46.9 Å². The van der Waals surface area contributed by atoms with E-state index in [4.69, 9.17) is 10.1 Å². The van der Waals surface area contributed by atoms with Gasteiger partial charge >= 0.3 is 5.97 Å². The summed E-state index contributed by atoms with van der Waals surface area (Å²) in [7, 11) is 0. The Kier molecular flexibility index (Phi) is 7.59. The van der Waals surface area contributed by atoms with Crippen molar-refractivity contribution < 1.29 is 14.7 Å². The van der Waals surface area contributed by atoms with Crippen LogP contribution in [0.3, 0.4) is 0 Å². The quantitative estimate of drug-likeness (QED) is 0.637. The molecule has 0 bridgehead atoms. The molecule has 0 aromatic carbocycles. The Morgan fingerprint density at radius 1 is 1.25 bits per heavy atom. The summed E-state index contributed by atoms with van der Waals surface area (Å²) < 4.78 is 0. The molecule has 2 fully saturated rings. The molecule has 1 saturated heterocycles. The maximum Gasteiger partial charge on any atom is 0.303 e. The summed E-state index contributed by atoms with van der Waals surface area (Å²) in [6, 6.07) is 4.08. The van der Waals surface area contributed by atoms with Gasteiger partial charge in [-0.15, -0.1) is 11.8 Å². The molecular formula is C21H31N3O3S. The van der Waals surface area contributed by atoms with E-state index in [-0.39, 0.29) is 24.3 Å². The fraction of sp³-hybridized carbons (Fsp3) is 0.667. The van der Waals surface area contributed by atoms with Gasteiger partial charge in [-0.2, -0.15) is 0 Å². The molecule has 3 rings (SSSR count). The third-order valence-electron chi connectivity index (χ3n) is 5.55. The fourth-order valence-corrected chi connectivity index (χ4v) is 4.92. The standard InChI is InChI=1S/C21H31N3O3S/c1-2-12-28-21-17(20(27)22-16-6-4-3-5-7-16)8-9-18(23-21)24-11-10-15(14-24)13-19(25)26/h8-9,15-16H,2-7,10-14H2,1H3,(H,22,27)(H,25,26)/t15-/m0/s1. The van der Waals surface area contributed by atoms with Crippen LogP contribution < -0.4 is 10.2 Å². The number of hydrogen-bond donors (Lipinski definition) is 2. The molecule has 154 valence electrons. The molecule has 2 N–H and O–H groups in total. The van der Waals surface area contributed by atoms with Gasteiger partial charge in [0.15, 0.2) is 0 Å². The first-order valence-electron chi connectivity index (χ1n) is 10.5. The van der Waals surface area contributed by atoms with Crippen LogP contribution in [0.25, 0.3) is 0 Å². The number of aliphatic carboxylic acids is 1. The van der Waals surface area contributed by atoms with Gasteiger partial charge in [-0.05, 0) is 49.5 Å². The molecule has 2 heterocycles. The number of aromatic nitrogens is 1. The lowest BCUT2D eigenvalue weighted by Gasteiger charge is -2.24. The summed E-state index contributed by atoms with van der Waals surface area (Å²) in [6.45, 7) is 3.65. The highest BCUT2D eigenvalue weighted by Gasteiger charge is 2.27. The Balaban J connectivity index is 1.72. The molecule has 1 aromatic rings. The molecule has 1 aliphatic heterocycles. The molecule has 7 heteroatoms. The molecule has 1 aromatic heterocycles. The van der Waals surface area contributed by atoms with Crippen molar-refractivity contribution in [3.05, 3.63) is 17.7 Å². The van der Waals surface area contributed by atoms with Crippen molar-refractivity contribution in [2.45, 2.75) is 69.4 Å². The highest BCUT2D eigenvalue weighted by atomic mass is 32.2. The Bertz CT molecular complexity index is 691. The Labute approximate surface area is 171 Å². The third kappa shape index (κ3) is 5.63. The molecule has 1 amide bonds. The van der Waals surface area contributed by atoms with Crippen molar-refractivity contribution in [2.24, 2.45) is 5.92 Å². The molecule has 0 radical (unpaired) electrons. The predicted molar refractivity (Wildman–Crippen MR) is 112 cm³/mol. The van der Waals surface area contributed by atoms with Gasteiger partial charge in [0.05, 0.1) is 5.56 Å². The number of carbonyl (C=O) groups is 2. The number of rotatable bonds is 8. The highest BCUT2D eigenvalue weighted by Crippen LogP contribution is 2.29. The van der Waals surface area contributed by atoms with Crippen LogP contribution in [0.2, 0.25) is 0 Å². The van der Waals surface area contributed by atoms with Crippen molar-refractivity contribution in [3.63, 3.8) is 0 Å². The third-order valence-corrected chi connectivity index (χ3v) is 6.74. The summed E-state index contributed by atoms with van der Waals surface area (Å²) in [5.41, 5.74) is 0.661. The Hall–Kier alpha value is -1.76. The number of carbonyl (C=O) groups excluding carboxylic acids is 1. The lowest BCUT2D eigenvalue weighted by Crippen LogP contribution is -2.36. The van der Waals surface area contributed by atoms with E-state index in [0.717, 1.165) is 48.8 Å². The summed E-state index contributed by atoms with van der Waals surface area (Å²) in [4.78, 5) is 30.8. The van der Waals surface area contributed by atoms with Gasteiger partial charge in [-0.3, -0.25) is 9.59 Å². The van der Waals surface area contributed by atoms with E-state index in [1.807, 2.05) is 12.1 Å². The number of thioether (sulfide) groups is 1. The SMILES string of the molecule is CCCSc1nc(N2CC[C@@H](CC(=O)O)C2)ccc1C(=O)NC1CCCCC1. The lowest BCUT2D eigenvalue weighted by molar-refractivity contribution is -0.137. The first-order chi connectivity index (χ1) is 13.6. The second kappa shape index (κ2) is 10.1. The number of carboxylic acid groups (broad SMARTS) is 1. The van der Waals surface area contributed by atoms with Crippen LogP contribution in [0.5, 0.6) is 0 Å². The van der Waals surface area contributed by atoms with Crippen LogP contribution in [0, 0.1) is 5.92 Å². The van der Waals surface area contributed by atoms with E-state index >= 15 is 0 Å². The first-order valence-corrected chi connectivity index (χ1v) is 11.5. The van der Waals surface area contributed by atoms with Crippen LogP contribution in [0.15, 0.2) is 17.2 Å². The minimum absolute atomic E-state index is 0.0188. The molecule has 2 aliphatic rings. The summed E-state index contributed by atoms with van der Waals surface area (Å²) in [5.74, 6) is 1.17. The summed E-state index contributed by atoms with van der Waals surface area (Å²) in [5, 5.41) is 13.0. The van der Waals surface area contributed by atoms with E-state index in [1.54, 1.807) is 11.8 Å². The number of nitrogens with zero attached hydrogens (tertiary/aromatic N) is 2. The van der Waals surface area contributed by atoms with E-state index in [1.165, 1.54) is 19.3 Å². The van der Waals surface area contributed by atoms with Crippen LogP contribution in [-0.2, 0) is 4.79 Å². The van der Waals surface area contributed by atoms with Gasteiger partial charge in [0.1, 0.15) is 10.8 Å². The van der Waals surface area contributed by atoms with E-state index in [0.29, 0.717) is 12.1 Å². The zero-order valence-electron chi connectivity index (χ0n) is 16.7. The molecule has 1 aliphatic carbocycles. The van der Waals surface area contributed by atoms with Crippen molar-refractivity contribution >= 4 is 29.5 Å². The number of carboxylic acids is 1. The maximum atomic E-state index is 12.9. The van der Waals surface area contributed by atoms with Gasteiger partial charge in [-0.1, -0.05) is 26.2 Å². The van der Waals surface area contributed by atoms with Gasteiger partial charge in [-0.25, -0.2) is 4.98 Å². The monoisotopic (exact) mass is 405 g/mol. The molecule has 0 spiro atoms. The molecular weight excluding hydrogens is 374 g/mol. The van der Waals surface area contributed by atoms with Crippen LogP contribution in [0.4, 0.5) is 5.82 Å². The van der Waals surface area contributed by atoms with Gasteiger partial charge in [0.2, 0.25) is 0 Å². The molecule has 1 saturated carbocycles. The average molecular weight is 406 g/mol. The molecule has 6 nitrogen and oxygen atoms in total. The van der Waals surface area contributed by atoms with E-state index in [9.17, 15) is 9.59 Å². The Morgan fingerprint density at radius 2 is 2.04 bits per heavy atom. The molecule has 0 unspecified atom stereocenters. The largest absolute Gasteiger partial charge is 0.481 e. The zero-order chi connectivity index (χ0) is 19.9. The second-order valence-electron chi connectivity index (χ2n) is 7.88. The number of amides is 1. The number of pyridine rings is 1. The smallest absolute Gasteiger partial charge is 0.303 e. The van der Waals surface area contributed by atoms with E-state index in [2.05, 4.69) is 17.1 Å². The zero-order valence-corrected chi connectivity index (χ0v) is 17.5. The predicted octanol–water partition coefficient (Wildman–Crippen LogP) is 3.95. The van der Waals surface area contributed by atoms with Crippen molar-refractivity contribution in [3.8, 4) is 0 Å². The first kappa shape index (κ1) is 21.0. The maximum absolute atomic E-state index is 12.9. The second-order valence-corrected chi connectivity index (χ2v) is 8.96. The minimum Gasteiger partial charge on any atom is -0.481 e. The average Bonchev–Trinajstić information content (AvgIpc) is 3.14. The molecule has 28 heavy (non-hydrogen) atoms. The highest BCUT2D eigenvalue weighted by molar-refractivity contribution is 7.99. The number of nitrogens with one attached hydrogen (secondary N) is 1. The van der Waals surface area contributed by atoms with E-state index < -0.39 is 5.97 Å².